The van der Waals surface area contributed by atoms with E-state index in [0.717, 1.165) is 40.1 Å². The first kappa shape index (κ1) is 19.5. The minimum absolute atomic E-state index is 0.0156. The molecule has 0 unspecified atom stereocenters. The number of aryl methyl sites for hydroxylation is 1. The molecule has 0 saturated carbocycles. The van der Waals surface area contributed by atoms with Gasteiger partial charge in [0.15, 0.2) is 0 Å². The van der Waals surface area contributed by atoms with Crippen molar-refractivity contribution in [2.75, 3.05) is 12.8 Å². The number of amides is 1. The van der Waals surface area contributed by atoms with Crippen LogP contribution in [0.4, 0.5) is 0 Å². The van der Waals surface area contributed by atoms with Crippen molar-refractivity contribution >= 4 is 17.7 Å². The summed E-state index contributed by atoms with van der Waals surface area (Å²) in [4.78, 5) is 18.1. The molecule has 4 rings (SSSR count). The molecule has 0 saturated heterocycles. The predicted molar refractivity (Wildman–Crippen MR) is 117 cm³/mol. The standard InChI is InChI=1S/C24H24N2O2S/c1-16-6-11-22(25-14-16)21-5-3-4-18-13-19(28-24(18)21)15-26-23(27)12-17-7-9-20(29-2)10-8-17/h3-11,14,19H,12-13,15H2,1-2H3,(H,26,27)/t19-/m0/s1. The Balaban J connectivity index is 1.36. The summed E-state index contributed by atoms with van der Waals surface area (Å²) >= 11 is 1.70. The number of nitrogens with zero attached hydrogens (tertiary/aromatic N) is 1. The van der Waals surface area contributed by atoms with E-state index in [2.05, 4.69) is 22.4 Å². The molecule has 3 aromatic rings. The summed E-state index contributed by atoms with van der Waals surface area (Å²) in [5, 5.41) is 3.02. The van der Waals surface area contributed by atoms with Crippen molar-refractivity contribution < 1.29 is 9.53 Å². The number of para-hydroxylation sites is 1. The van der Waals surface area contributed by atoms with Crippen LogP contribution in [0.2, 0.25) is 0 Å². The van der Waals surface area contributed by atoms with Crippen molar-refractivity contribution in [1.82, 2.24) is 10.3 Å². The lowest BCUT2D eigenvalue weighted by molar-refractivity contribution is -0.120. The average Bonchev–Trinajstić information content (AvgIpc) is 3.17. The molecular formula is C24H24N2O2S. The first-order valence-corrected chi connectivity index (χ1v) is 11.0. The minimum atomic E-state index is -0.0561. The highest BCUT2D eigenvalue weighted by Crippen LogP contribution is 2.37. The summed E-state index contributed by atoms with van der Waals surface area (Å²) in [6.07, 6.45) is 5.03. The Kier molecular flexibility index (Phi) is 5.86. The van der Waals surface area contributed by atoms with E-state index in [4.69, 9.17) is 4.74 Å². The number of rotatable bonds is 6. The third-order valence-corrected chi connectivity index (χ3v) is 5.81. The normalized spacial score (nSPS) is 14.9. The summed E-state index contributed by atoms with van der Waals surface area (Å²) in [5.41, 5.74) is 5.22. The van der Waals surface area contributed by atoms with Gasteiger partial charge in [-0.25, -0.2) is 0 Å². The molecule has 2 aromatic carbocycles. The van der Waals surface area contributed by atoms with Crippen LogP contribution in [0.25, 0.3) is 11.3 Å². The Hall–Kier alpha value is -2.79. The maximum atomic E-state index is 12.3. The molecule has 148 valence electrons. The zero-order valence-electron chi connectivity index (χ0n) is 16.6. The first-order chi connectivity index (χ1) is 14.1. The van der Waals surface area contributed by atoms with Gasteiger partial charge < -0.3 is 10.1 Å². The first-order valence-electron chi connectivity index (χ1n) is 9.73. The van der Waals surface area contributed by atoms with Gasteiger partial charge in [-0.05, 0) is 54.1 Å². The van der Waals surface area contributed by atoms with Crippen molar-refractivity contribution in [2.45, 2.75) is 30.8 Å². The highest BCUT2D eigenvalue weighted by atomic mass is 32.2. The van der Waals surface area contributed by atoms with E-state index in [9.17, 15) is 4.79 Å². The molecule has 1 amide bonds. The van der Waals surface area contributed by atoms with E-state index in [1.165, 1.54) is 4.90 Å². The van der Waals surface area contributed by atoms with Crippen LogP contribution in [0.3, 0.4) is 0 Å². The number of pyridine rings is 1. The third-order valence-electron chi connectivity index (χ3n) is 5.07. The monoisotopic (exact) mass is 404 g/mol. The van der Waals surface area contributed by atoms with Gasteiger partial charge in [-0.1, -0.05) is 30.3 Å². The lowest BCUT2D eigenvalue weighted by Gasteiger charge is -2.13. The van der Waals surface area contributed by atoms with Crippen molar-refractivity contribution in [3.8, 4) is 17.0 Å². The van der Waals surface area contributed by atoms with Crippen molar-refractivity contribution in [3.05, 3.63) is 77.5 Å². The molecule has 0 bridgehead atoms. The van der Waals surface area contributed by atoms with Crippen LogP contribution in [0, 0.1) is 6.92 Å². The molecule has 1 atom stereocenters. The summed E-state index contributed by atoms with van der Waals surface area (Å²) in [7, 11) is 0. The van der Waals surface area contributed by atoms with Gasteiger partial charge in [-0.2, -0.15) is 0 Å². The fourth-order valence-electron chi connectivity index (χ4n) is 3.50. The van der Waals surface area contributed by atoms with E-state index >= 15 is 0 Å². The van der Waals surface area contributed by atoms with E-state index in [1.807, 2.05) is 61.8 Å². The number of aromatic nitrogens is 1. The minimum Gasteiger partial charge on any atom is -0.487 e. The van der Waals surface area contributed by atoms with E-state index in [0.29, 0.717) is 13.0 Å². The van der Waals surface area contributed by atoms with Gasteiger partial charge in [-0.15, -0.1) is 11.8 Å². The molecule has 29 heavy (non-hydrogen) atoms. The van der Waals surface area contributed by atoms with Gasteiger partial charge in [-0.3, -0.25) is 9.78 Å². The van der Waals surface area contributed by atoms with Crippen LogP contribution in [0.15, 0.2) is 65.7 Å². The molecule has 0 radical (unpaired) electrons. The van der Waals surface area contributed by atoms with Gasteiger partial charge in [0.25, 0.3) is 0 Å². The average molecular weight is 405 g/mol. The van der Waals surface area contributed by atoms with Gasteiger partial charge in [0.1, 0.15) is 11.9 Å². The Morgan fingerprint density at radius 2 is 2.00 bits per heavy atom. The number of thioether (sulfide) groups is 1. The lowest BCUT2D eigenvalue weighted by Crippen LogP contribution is -2.35. The van der Waals surface area contributed by atoms with Gasteiger partial charge >= 0.3 is 0 Å². The molecule has 4 nitrogen and oxygen atoms in total. The number of fused-ring (bicyclic) bond motifs is 1. The van der Waals surface area contributed by atoms with Gasteiger partial charge in [0.05, 0.1) is 18.7 Å². The summed E-state index contributed by atoms with van der Waals surface area (Å²) in [6.45, 7) is 2.52. The van der Waals surface area contributed by atoms with Gasteiger partial charge in [0.2, 0.25) is 5.91 Å². The number of carbonyl (C=O) groups excluding carboxylic acids is 1. The van der Waals surface area contributed by atoms with Crippen LogP contribution < -0.4 is 10.1 Å². The molecule has 1 aliphatic rings. The molecule has 0 fully saturated rings. The number of ether oxygens (including phenoxy) is 1. The second kappa shape index (κ2) is 8.70. The van der Waals surface area contributed by atoms with Crippen molar-refractivity contribution in [2.24, 2.45) is 0 Å². The van der Waals surface area contributed by atoms with E-state index in [-0.39, 0.29) is 12.0 Å². The van der Waals surface area contributed by atoms with Crippen LogP contribution in [0.5, 0.6) is 5.75 Å². The molecule has 1 aromatic heterocycles. The molecular weight excluding hydrogens is 380 g/mol. The second-order valence-corrected chi connectivity index (χ2v) is 8.17. The Morgan fingerprint density at radius 3 is 2.72 bits per heavy atom. The summed E-state index contributed by atoms with van der Waals surface area (Å²) in [5.74, 6) is 0.901. The highest BCUT2D eigenvalue weighted by molar-refractivity contribution is 7.98. The quantitative estimate of drug-likeness (QED) is 0.617. The predicted octanol–water partition coefficient (Wildman–Crippen LogP) is 4.44. The maximum Gasteiger partial charge on any atom is 0.224 e. The van der Waals surface area contributed by atoms with E-state index < -0.39 is 0 Å². The molecule has 0 aliphatic carbocycles. The second-order valence-electron chi connectivity index (χ2n) is 7.29. The fraction of sp³-hybridized carbons (Fsp3) is 0.250. The Morgan fingerprint density at radius 1 is 1.17 bits per heavy atom. The van der Waals surface area contributed by atoms with Crippen LogP contribution in [-0.4, -0.2) is 29.8 Å². The number of carbonyl (C=O) groups is 1. The smallest absolute Gasteiger partial charge is 0.224 e. The Labute approximate surface area is 175 Å². The molecule has 1 aliphatic heterocycles. The summed E-state index contributed by atoms with van der Waals surface area (Å²) < 4.78 is 6.20. The van der Waals surface area contributed by atoms with Crippen LogP contribution in [0.1, 0.15) is 16.7 Å². The highest BCUT2D eigenvalue weighted by Gasteiger charge is 2.26. The zero-order valence-corrected chi connectivity index (χ0v) is 17.5. The Bertz CT molecular complexity index is 1000. The van der Waals surface area contributed by atoms with Crippen molar-refractivity contribution in [3.63, 3.8) is 0 Å². The van der Waals surface area contributed by atoms with Gasteiger partial charge in [0, 0.05) is 23.1 Å². The SMILES string of the molecule is CSc1ccc(CC(=O)NC[C@@H]2Cc3cccc(-c4ccc(C)cn4)c3O2)cc1. The molecule has 2 heterocycles. The third kappa shape index (κ3) is 4.62. The van der Waals surface area contributed by atoms with Crippen molar-refractivity contribution in [1.29, 1.82) is 0 Å². The van der Waals surface area contributed by atoms with Crippen LogP contribution >= 0.6 is 11.8 Å². The topological polar surface area (TPSA) is 51.2 Å². The zero-order chi connectivity index (χ0) is 20.2. The van der Waals surface area contributed by atoms with Crippen LogP contribution in [-0.2, 0) is 17.6 Å². The van der Waals surface area contributed by atoms with E-state index in [1.54, 1.807) is 11.8 Å². The molecule has 1 N–H and O–H groups in total. The lowest BCUT2D eigenvalue weighted by atomic mass is 10.0. The molecule has 5 heteroatoms. The fourth-order valence-corrected chi connectivity index (χ4v) is 3.91. The summed E-state index contributed by atoms with van der Waals surface area (Å²) in [6, 6.07) is 18.3. The largest absolute Gasteiger partial charge is 0.487 e. The molecule has 0 spiro atoms. The number of benzene rings is 2. The number of hydrogen-bond acceptors (Lipinski definition) is 4. The number of hydrogen-bond donors (Lipinski definition) is 1. The maximum absolute atomic E-state index is 12.3. The number of nitrogens with one attached hydrogen (secondary N) is 1.